The number of sulfone groups is 1. The molecule has 1 N–H and O–H groups in total. The van der Waals surface area contributed by atoms with Crippen LogP contribution >= 0.6 is 0 Å². The summed E-state index contributed by atoms with van der Waals surface area (Å²) in [5, 5.41) is 2.52. The fourth-order valence-electron chi connectivity index (χ4n) is 3.21. The number of carbonyl (C=O) groups is 1. The number of hydrogen-bond acceptors (Lipinski definition) is 5. The molecule has 1 aromatic rings. The van der Waals surface area contributed by atoms with Crippen molar-refractivity contribution in [2.45, 2.75) is 44.9 Å². The molecule has 0 bridgehead atoms. The zero-order chi connectivity index (χ0) is 21.6. The van der Waals surface area contributed by atoms with Crippen molar-refractivity contribution in [1.29, 1.82) is 0 Å². The molecule has 0 radical (unpaired) electrons. The average Bonchev–Trinajstić information content (AvgIpc) is 3.43. The molecule has 1 fully saturated rings. The van der Waals surface area contributed by atoms with E-state index in [1.165, 1.54) is 6.07 Å². The Morgan fingerprint density at radius 3 is 2.73 bits per heavy atom. The molecule has 1 aromatic carbocycles. The first-order valence-electron chi connectivity index (χ1n) is 10.4. The standard InChI is InChI=1S/C21H29FN2O5S/c1-15(17-7-8-18(22)19(11-17)29-13-16-5-6-16)14-30(26,27)10-4-2-3-9-28-20-12-23-21(25)24-20/h7-8,11,15-16H,2-6,9-10,12-14H2,1H3,(H,23,25)/t15-/m0/s1. The monoisotopic (exact) mass is 440 g/mol. The van der Waals surface area contributed by atoms with Gasteiger partial charge in [-0.2, -0.15) is 4.99 Å². The predicted octanol–water partition coefficient (Wildman–Crippen LogP) is 3.44. The van der Waals surface area contributed by atoms with Gasteiger partial charge in [-0.3, -0.25) is 0 Å². The van der Waals surface area contributed by atoms with Crippen LogP contribution in [0.25, 0.3) is 0 Å². The van der Waals surface area contributed by atoms with Gasteiger partial charge >= 0.3 is 6.03 Å². The van der Waals surface area contributed by atoms with E-state index in [2.05, 4.69) is 10.3 Å². The number of unbranched alkanes of at least 4 members (excludes halogenated alkanes) is 2. The van der Waals surface area contributed by atoms with Crippen molar-refractivity contribution in [1.82, 2.24) is 5.32 Å². The van der Waals surface area contributed by atoms with Crippen molar-refractivity contribution in [3.63, 3.8) is 0 Å². The van der Waals surface area contributed by atoms with Gasteiger partial charge in [-0.25, -0.2) is 17.6 Å². The number of rotatable bonds is 12. The third-order valence-electron chi connectivity index (χ3n) is 5.19. The van der Waals surface area contributed by atoms with Crippen LogP contribution in [0.1, 0.15) is 50.5 Å². The average molecular weight is 441 g/mol. The van der Waals surface area contributed by atoms with E-state index in [0.717, 1.165) is 18.4 Å². The largest absolute Gasteiger partial charge is 0.490 e. The number of benzene rings is 1. The minimum Gasteiger partial charge on any atom is -0.490 e. The number of amides is 2. The number of nitrogens with zero attached hydrogens (tertiary/aromatic N) is 1. The highest BCUT2D eigenvalue weighted by Gasteiger charge is 2.23. The third kappa shape index (κ3) is 7.27. The molecule has 166 valence electrons. The van der Waals surface area contributed by atoms with Gasteiger partial charge in [0.25, 0.3) is 0 Å². The number of ether oxygens (including phenoxy) is 2. The SMILES string of the molecule is C[C@@H](CS(=O)(=O)CCCCCOC1=NC(=O)NC1)c1ccc(F)c(OCC2CC2)c1. The lowest BCUT2D eigenvalue weighted by Crippen LogP contribution is -2.18. The summed E-state index contributed by atoms with van der Waals surface area (Å²) in [5.74, 6) is 0.551. The van der Waals surface area contributed by atoms with Crippen LogP contribution in [0, 0.1) is 11.7 Å². The summed E-state index contributed by atoms with van der Waals surface area (Å²) in [6.45, 7) is 3.06. The van der Waals surface area contributed by atoms with E-state index in [1.54, 1.807) is 12.1 Å². The first-order chi connectivity index (χ1) is 14.3. The summed E-state index contributed by atoms with van der Waals surface area (Å²) in [7, 11) is -3.23. The Hall–Kier alpha value is -2.16. The Balaban J connectivity index is 1.39. The van der Waals surface area contributed by atoms with Gasteiger partial charge in [-0.15, -0.1) is 0 Å². The molecule has 30 heavy (non-hydrogen) atoms. The Kier molecular flexibility index (Phi) is 7.69. The van der Waals surface area contributed by atoms with Gasteiger partial charge < -0.3 is 14.8 Å². The van der Waals surface area contributed by atoms with Crippen molar-refractivity contribution in [3.05, 3.63) is 29.6 Å². The van der Waals surface area contributed by atoms with E-state index >= 15 is 0 Å². The fraction of sp³-hybridized carbons (Fsp3) is 0.619. The first-order valence-corrected chi connectivity index (χ1v) is 12.3. The molecule has 0 saturated heterocycles. The predicted molar refractivity (Wildman–Crippen MR) is 112 cm³/mol. The van der Waals surface area contributed by atoms with Gasteiger partial charge in [0.1, 0.15) is 0 Å². The number of halogens is 1. The van der Waals surface area contributed by atoms with Crippen LogP contribution in [0.15, 0.2) is 23.2 Å². The maximum Gasteiger partial charge on any atom is 0.344 e. The highest BCUT2D eigenvalue weighted by atomic mass is 32.2. The van der Waals surface area contributed by atoms with Gasteiger partial charge in [-0.05, 0) is 61.6 Å². The van der Waals surface area contributed by atoms with E-state index in [9.17, 15) is 17.6 Å². The maximum absolute atomic E-state index is 13.9. The highest BCUT2D eigenvalue weighted by Crippen LogP contribution is 2.31. The second kappa shape index (κ2) is 10.2. The summed E-state index contributed by atoms with van der Waals surface area (Å²) in [5.41, 5.74) is 0.764. The smallest absolute Gasteiger partial charge is 0.344 e. The van der Waals surface area contributed by atoms with Gasteiger partial charge in [0.2, 0.25) is 5.90 Å². The van der Waals surface area contributed by atoms with Gasteiger partial charge in [0, 0.05) is 0 Å². The van der Waals surface area contributed by atoms with E-state index in [0.29, 0.717) is 50.8 Å². The Morgan fingerprint density at radius 2 is 2.03 bits per heavy atom. The van der Waals surface area contributed by atoms with Crippen LogP contribution in [0.5, 0.6) is 5.75 Å². The molecule has 1 aliphatic carbocycles. The minimum atomic E-state index is -3.23. The molecule has 7 nitrogen and oxygen atoms in total. The van der Waals surface area contributed by atoms with Crippen LogP contribution in [0.4, 0.5) is 9.18 Å². The lowest BCUT2D eigenvalue weighted by molar-refractivity contribution is 0.252. The van der Waals surface area contributed by atoms with Crippen LogP contribution < -0.4 is 10.1 Å². The van der Waals surface area contributed by atoms with Crippen molar-refractivity contribution in [2.24, 2.45) is 10.9 Å². The first kappa shape index (κ1) is 22.5. The zero-order valence-corrected chi connectivity index (χ0v) is 18.0. The van der Waals surface area contributed by atoms with Crippen LogP contribution in [0.2, 0.25) is 0 Å². The molecule has 1 aliphatic heterocycles. The van der Waals surface area contributed by atoms with Crippen molar-refractivity contribution >= 4 is 21.8 Å². The summed E-state index contributed by atoms with van der Waals surface area (Å²) in [6, 6.07) is 4.20. The number of hydrogen-bond donors (Lipinski definition) is 1. The lowest BCUT2D eigenvalue weighted by atomic mass is 10.0. The summed E-state index contributed by atoms with van der Waals surface area (Å²) in [4.78, 5) is 14.6. The molecule has 2 amide bonds. The van der Waals surface area contributed by atoms with Crippen molar-refractivity contribution in [3.8, 4) is 5.75 Å². The Morgan fingerprint density at radius 1 is 1.23 bits per heavy atom. The molecular weight excluding hydrogens is 411 g/mol. The summed E-state index contributed by atoms with van der Waals surface area (Å²) < 4.78 is 49.8. The lowest BCUT2D eigenvalue weighted by Gasteiger charge is -2.15. The molecule has 2 aliphatic rings. The van der Waals surface area contributed by atoms with E-state index < -0.39 is 21.7 Å². The number of urea groups is 1. The van der Waals surface area contributed by atoms with Gasteiger partial charge in [0.05, 0.1) is 31.3 Å². The molecule has 1 heterocycles. The zero-order valence-electron chi connectivity index (χ0n) is 17.2. The van der Waals surface area contributed by atoms with E-state index in [-0.39, 0.29) is 23.2 Å². The molecule has 3 rings (SSSR count). The molecule has 1 atom stereocenters. The van der Waals surface area contributed by atoms with Crippen LogP contribution in [0.3, 0.4) is 0 Å². The number of nitrogens with one attached hydrogen (secondary N) is 1. The second-order valence-electron chi connectivity index (χ2n) is 8.03. The molecule has 0 unspecified atom stereocenters. The van der Waals surface area contributed by atoms with E-state index in [1.807, 2.05) is 6.92 Å². The maximum atomic E-state index is 13.9. The number of aliphatic imine (C=N–C) groups is 1. The molecule has 0 spiro atoms. The van der Waals surface area contributed by atoms with Crippen LogP contribution in [-0.4, -0.2) is 51.6 Å². The van der Waals surface area contributed by atoms with Crippen LogP contribution in [-0.2, 0) is 14.6 Å². The normalized spacial score (nSPS) is 17.4. The molecular formula is C21H29FN2O5S. The second-order valence-corrected chi connectivity index (χ2v) is 10.3. The topological polar surface area (TPSA) is 94.1 Å². The number of carbonyl (C=O) groups excluding carboxylic acids is 1. The van der Waals surface area contributed by atoms with Gasteiger partial charge in [-0.1, -0.05) is 13.0 Å². The van der Waals surface area contributed by atoms with Crippen molar-refractivity contribution < 1.29 is 27.1 Å². The van der Waals surface area contributed by atoms with E-state index in [4.69, 9.17) is 9.47 Å². The Labute approximate surface area is 177 Å². The van der Waals surface area contributed by atoms with Gasteiger partial charge in [0.15, 0.2) is 21.4 Å². The quantitative estimate of drug-likeness (QED) is 0.503. The molecule has 0 aromatic heterocycles. The Bertz CT molecular complexity index is 883. The summed E-state index contributed by atoms with van der Waals surface area (Å²) >= 11 is 0. The summed E-state index contributed by atoms with van der Waals surface area (Å²) in [6.07, 6.45) is 4.18. The fourth-order valence-corrected chi connectivity index (χ4v) is 4.97. The highest BCUT2D eigenvalue weighted by molar-refractivity contribution is 7.91. The molecule has 1 saturated carbocycles. The minimum absolute atomic E-state index is 0.0157. The molecule has 9 heteroatoms. The third-order valence-corrected chi connectivity index (χ3v) is 7.10. The van der Waals surface area contributed by atoms with Crippen molar-refractivity contribution in [2.75, 3.05) is 31.3 Å².